The molecule has 1 aliphatic heterocycles. The molecule has 1 saturated heterocycles. The maximum atomic E-state index is 12.9. The molecule has 5 heteroatoms. The number of hydrogen-bond donors (Lipinski definition) is 1. The van der Waals surface area contributed by atoms with E-state index in [1.165, 1.54) is 12.1 Å². The summed E-state index contributed by atoms with van der Waals surface area (Å²) in [7, 11) is 0. The number of ether oxygens (including phenoxy) is 1. The van der Waals surface area contributed by atoms with Crippen molar-refractivity contribution in [2.45, 2.75) is 23.8 Å². The Morgan fingerprint density at radius 2 is 2.00 bits per heavy atom. The molecule has 1 N–H and O–H groups in total. The number of halogens is 1. The number of anilines is 1. The quantitative estimate of drug-likeness (QED) is 0.828. The molecule has 23 heavy (non-hydrogen) atoms. The lowest BCUT2D eigenvalue weighted by Crippen LogP contribution is -2.14. The maximum Gasteiger partial charge on any atom is 0.256 e. The fourth-order valence-corrected chi connectivity index (χ4v) is 3.59. The highest BCUT2D eigenvalue weighted by Gasteiger charge is 2.18. The Bertz CT molecular complexity index is 669. The number of amides is 1. The van der Waals surface area contributed by atoms with E-state index >= 15 is 0 Å². The summed E-state index contributed by atoms with van der Waals surface area (Å²) in [4.78, 5) is 13.4. The van der Waals surface area contributed by atoms with Crippen molar-refractivity contribution in [3.05, 3.63) is 59.9 Å². The highest BCUT2D eigenvalue weighted by molar-refractivity contribution is 7.99. The molecule has 3 rings (SSSR count). The average molecular weight is 331 g/mol. The summed E-state index contributed by atoms with van der Waals surface area (Å²) >= 11 is 1.64. The van der Waals surface area contributed by atoms with Crippen LogP contribution in [0.1, 0.15) is 23.2 Å². The maximum absolute atomic E-state index is 12.9. The Morgan fingerprint density at radius 3 is 2.74 bits per heavy atom. The highest BCUT2D eigenvalue weighted by atomic mass is 32.2. The summed E-state index contributed by atoms with van der Waals surface area (Å²) in [6.07, 6.45) is 2.46. The zero-order valence-corrected chi connectivity index (χ0v) is 13.4. The standard InChI is InChI=1S/C18H18FNO2S/c19-13-7-9-14(10-8-13)20-18(21)16-5-1-2-6-17(16)23-12-15-4-3-11-22-15/h1-2,5-10,15H,3-4,11-12H2,(H,20,21)/t15-/m0/s1. The van der Waals surface area contributed by atoms with Gasteiger partial charge >= 0.3 is 0 Å². The molecule has 0 aliphatic carbocycles. The van der Waals surface area contributed by atoms with Gasteiger partial charge in [-0.05, 0) is 49.2 Å². The van der Waals surface area contributed by atoms with Crippen LogP contribution in [0.2, 0.25) is 0 Å². The zero-order chi connectivity index (χ0) is 16.1. The van der Waals surface area contributed by atoms with E-state index in [0.29, 0.717) is 11.3 Å². The van der Waals surface area contributed by atoms with Crippen LogP contribution in [0.4, 0.5) is 10.1 Å². The summed E-state index contributed by atoms with van der Waals surface area (Å²) < 4.78 is 18.6. The molecule has 1 fully saturated rings. The van der Waals surface area contributed by atoms with E-state index in [4.69, 9.17) is 4.74 Å². The Morgan fingerprint density at radius 1 is 1.22 bits per heavy atom. The zero-order valence-electron chi connectivity index (χ0n) is 12.6. The van der Waals surface area contributed by atoms with E-state index in [2.05, 4.69) is 5.32 Å². The summed E-state index contributed by atoms with van der Waals surface area (Å²) in [5.41, 5.74) is 1.20. The number of hydrogen-bond acceptors (Lipinski definition) is 3. The first kappa shape index (κ1) is 16.0. The van der Waals surface area contributed by atoms with Crippen molar-refractivity contribution >= 4 is 23.4 Å². The van der Waals surface area contributed by atoms with E-state index < -0.39 is 0 Å². The van der Waals surface area contributed by atoms with Gasteiger partial charge in [0.15, 0.2) is 0 Å². The van der Waals surface area contributed by atoms with Gasteiger partial charge in [0.2, 0.25) is 0 Å². The topological polar surface area (TPSA) is 38.3 Å². The van der Waals surface area contributed by atoms with Gasteiger partial charge in [0.1, 0.15) is 5.82 Å². The number of thioether (sulfide) groups is 1. The number of benzene rings is 2. The van der Waals surface area contributed by atoms with Crippen molar-refractivity contribution in [3.8, 4) is 0 Å². The molecule has 1 heterocycles. The lowest BCUT2D eigenvalue weighted by Gasteiger charge is -2.12. The van der Waals surface area contributed by atoms with Crippen LogP contribution in [0.5, 0.6) is 0 Å². The molecule has 0 bridgehead atoms. The van der Waals surface area contributed by atoms with Crippen molar-refractivity contribution in [2.75, 3.05) is 17.7 Å². The van der Waals surface area contributed by atoms with Gasteiger partial charge in [0.05, 0.1) is 11.7 Å². The molecular weight excluding hydrogens is 313 g/mol. The molecule has 0 saturated carbocycles. The monoisotopic (exact) mass is 331 g/mol. The van der Waals surface area contributed by atoms with Gasteiger partial charge in [-0.15, -0.1) is 11.8 Å². The van der Waals surface area contributed by atoms with Crippen molar-refractivity contribution in [1.29, 1.82) is 0 Å². The smallest absolute Gasteiger partial charge is 0.256 e. The Balaban J connectivity index is 1.68. The minimum absolute atomic E-state index is 0.188. The Labute approximate surface area is 139 Å². The van der Waals surface area contributed by atoms with E-state index in [0.717, 1.165) is 30.1 Å². The lowest BCUT2D eigenvalue weighted by atomic mass is 10.2. The fraction of sp³-hybridized carbons (Fsp3) is 0.278. The third kappa shape index (κ3) is 4.33. The second-order valence-electron chi connectivity index (χ2n) is 5.40. The van der Waals surface area contributed by atoms with Crippen LogP contribution in [0, 0.1) is 5.82 Å². The van der Waals surface area contributed by atoms with Gasteiger partial charge < -0.3 is 10.1 Å². The fourth-order valence-electron chi connectivity index (χ4n) is 2.47. The van der Waals surface area contributed by atoms with Crippen LogP contribution in [0.3, 0.4) is 0 Å². The molecule has 2 aromatic carbocycles. The van der Waals surface area contributed by atoms with Gasteiger partial charge in [-0.2, -0.15) is 0 Å². The van der Waals surface area contributed by atoms with Crippen molar-refractivity contribution < 1.29 is 13.9 Å². The van der Waals surface area contributed by atoms with Gasteiger partial charge in [-0.1, -0.05) is 12.1 Å². The van der Waals surface area contributed by atoms with Crippen molar-refractivity contribution in [1.82, 2.24) is 0 Å². The first-order chi connectivity index (χ1) is 11.2. The molecule has 0 aromatic heterocycles. The third-order valence-corrected chi connectivity index (χ3v) is 4.89. The number of rotatable bonds is 5. The van der Waals surface area contributed by atoms with E-state index in [-0.39, 0.29) is 17.8 Å². The first-order valence-electron chi connectivity index (χ1n) is 7.63. The normalized spacial score (nSPS) is 17.2. The first-order valence-corrected chi connectivity index (χ1v) is 8.61. The van der Waals surface area contributed by atoms with Gasteiger partial charge in [-0.25, -0.2) is 4.39 Å². The molecule has 2 aromatic rings. The summed E-state index contributed by atoms with van der Waals surface area (Å²) in [6, 6.07) is 13.3. The minimum atomic E-state index is -0.324. The number of carbonyl (C=O) groups is 1. The van der Waals surface area contributed by atoms with Gasteiger partial charge in [-0.3, -0.25) is 4.79 Å². The molecule has 1 aliphatic rings. The van der Waals surface area contributed by atoms with Crippen LogP contribution < -0.4 is 5.32 Å². The highest BCUT2D eigenvalue weighted by Crippen LogP contribution is 2.27. The largest absolute Gasteiger partial charge is 0.377 e. The van der Waals surface area contributed by atoms with Gasteiger partial charge in [0.25, 0.3) is 5.91 Å². The van der Waals surface area contributed by atoms with Crippen LogP contribution in [-0.2, 0) is 4.74 Å². The molecule has 3 nitrogen and oxygen atoms in total. The number of nitrogens with one attached hydrogen (secondary N) is 1. The average Bonchev–Trinajstić information content (AvgIpc) is 3.09. The third-order valence-electron chi connectivity index (χ3n) is 3.68. The van der Waals surface area contributed by atoms with Crippen molar-refractivity contribution in [2.24, 2.45) is 0 Å². The van der Waals surface area contributed by atoms with Crippen molar-refractivity contribution in [3.63, 3.8) is 0 Å². The molecule has 1 amide bonds. The number of carbonyl (C=O) groups excluding carboxylic acids is 1. The molecule has 0 unspecified atom stereocenters. The molecule has 120 valence electrons. The van der Waals surface area contributed by atoms with Crippen LogP contribution in [0.15, 0.2) is 53.4 Å². The minimum Gasteiger partial charge on any atom is -0.377 e. The van der Waals surface area contributed by atoms with E-state index in [1.807, 2.05) is 18.2 Å². The summed E-state index contributed by atoms with van der Waals surface area (Å²) in [5, 5.41) is 2.80. The summed E-state index contributed by atoms with van der Waals surface area (Å²) in [5.74, 6) is 0.337. The second-order valence-corrected chi connectivity index (χ2v) is 6.47. The molecule has 1 atom stereocenters. The second kappa shape index (κ2) is 7.62. The summed E-state index contributed by atoms with van der Waals surface area (Å²) in [6.45, 7) is 0.831. The van der Waals surface area contributed by atoms with Crippen LogP contribution in [0.25, 0.3) is 0 Å². The van der Waals surface area contributed by atoms with Crippen LogP contribution in [-0.4, -0.2) is 24.4 Å². The van der Waals surface area contributed by atoms with Crippen LogP contribution >= 0.6 is 11.8 Å². The SMILES string of the molecule is O=C(Nc1ccc(F)cc1)c1ccccc1SC[C@@H]1CCCO1. The molecule has 0 radical (unpaired) electrons. The molecular formula is C18H18FNO2S. The van der Waals surface area contributed by atoms with E-state index in [1.54, 1.807) is 30.0 Å². The molecule has 0 spiro atoms. The van der Waals surface area contributed by atoms with E-state index in [9.17, 15) is 9.18 Å². The van der Waals surface area contributed by atoms with Gasteiger partial charge in [0, 0.05) is 22.9 Å². The predicted octanol–water partition coefficient (Wildman–Crippen LogP) is 4.35. The lowest BCUT2D eigenvalue weighted by molar-refractivity contribution is 0.102. The predicted molar refractivity (Wildman–Crippen MR) is 90.5 cm³/mol. The Kier molecular flexibility index (Phi) is 5.31. The Hall–Kier alpha value is -1.85.